The molecule has 1 aromatic heterocycles. The van der Waals surface area contributed by atoms with Crippen molar-refractivity contribution >= 4 is 11.3 Å². The Labute approximate surface area is 107 Å². The van der Waals surface area contributed by atoms with Gasteiger partial charge in [0.2, 0.25) is 0 Å². The van der Waals surface area contributed by atoms with E-state index in [9.17, 15) is 0 Å². The molecule has 1 aliphatic rings. The lowest BCUT2D eigenvalue weighted by Gasteiger charge is -2.13. The topological polar surface area (TPSA) is 45.1 Å². The minimum atomic E-state index is 0.294. The molecule has 96 valence electrons. The molecule has 0 aromatic carbocycles. The minimum absolute atomic E-state index is 0.294. The first kappa shape index (κ1) is 13.0. The molecule has 1 fully saturated rings. The molecule has 0 aliphatic heterocycles. The van der Waals surface area contributed by atoms with Gasteiger partial charge in [0.15, 0.2) is 0 Å². The highest BCUT2D eigenvalue weighted by atomic mass is 32.1. The first-order chi connectivity index (χ1) is 8.33. The molecule has 1 aromatic rings. The molecule has 1 atom stereocenters. The van der Waals surface area contributed by atoms with Gasteiger partial charge < -0.3 is 10.4 Å². The normalized spacial score (nSPS) is 17.3. The van der Waals surface area contributed by atoms with Crippen LogP contribution in [0.3, 0.4) is 0 Å². The average Bonchev–Trinajstić information content (AvgIpc) is 3.09. The van der Waals surface area contributed by atoms with Crippen molar-refractivity contribution in [2.75, 3.05) is 13.2 Å². The second-order valence-electron chi connectivity index (χ2n) is 4.87. The van der Waals surface area contributed by atoms with E-state index in [1.807, 2.05) is 0 Å². The summed E-state index contributed by atoms with van der Waals surface area (Å²) in [6.07, 6.45) is 4.68. The lowest BCUT2D eigenvalue weighted by atomic mass is 10.0. The molecule has 0 spiro atoms. The summed E-state index contributed by atoms with van der Waals surface area (Å²) in [5.74, 6) is 1.35. The summed E-state index contributed by atoms with van der Waals surface area (Å²) >= 11 is 1.80. The third-order valence-corrected chi connectivity index (χ3v) is 4.41. The third-order valence-electron chi connectivity index (χ3n) is 3.35. The van der Waals surface area contributed by atoms with E-state index >= 15 is 0 Å². The molecule has 0 saturated heterocycles. The molecule has 1 unspecified atom stereocenters. The van der Waals surface area contributed by atoms with Crippen LogP contribution in [0.15, 0.2) is 5.38 Å². The van der Waals surface area contributed by atoms with E-state index in [1.54, 1.807) is 11.3 Å². The highest BCUT2D eigenvalue weighted by Crippen LogP contribution is 2.41. The van der Waals surface area contributed by atoms with Crippen LogP contribution in [0.5, 0.6) is 0 Å². The Balaban J connectivity index is 1.69. The fourth-order valence-electron chi connectivity index (χ4n) is 1.96. The molecule has 0 radical (unpaired) electrons. The first-order valence-electron chi connectivity index (χ1n) is 6.59. The van der Waals surface area contributed by atoms with Gasteiger partial charge in [-0.2, -0.15) is 0 Å². The number of aromatic nitrogens is 1. The summed E-state index contributed by atoms with van der Waals surface area (Å²) in [7, 11) is 0. The summed E-state index contributed by atoms with van der Waals surface area (Å²) in [5.41, 5.74) is 1.18. The van der Waals surface area contributed by atoms with Gasteiger partial charge in [0.25, 0.3) is 0 Å². The van der Waals surface area contributed by atoms with Crippen molar-refractivity contribution in [3.05, 3.63) is 16.1 Å². The van der Waals surface area contributed by atoms with Crippen LogP contribution in [0, 0.1) is 5.92 Å². The maximum absolute atomic E-state index is 8.92. The van der Waals surface area contributed by atoms with Crippen molar-refractivity contribution in [1.29, 1.82) is 0 Å². The van der Waals surface area contributed by atoms with Crippen molar-refractivity contribution in [2.24, 2.45) is 5.92 Å². The SMILES string of the molecule is CCC(CCO)CNCc1csc(C2CC2)n1. The number of nitrogens with zero attached hydrogens (tertiary/aromatic N) is 1. The van der Waals surface area contributed by atoms with Crippen molar-refractivity contribution in [1.82, 2.24) is 10.3 Å². The zero-order chi connectivity index (χ0) is 12.1. The molecule has 1 aliphatic carbocycles. The smallest absolute Gasteiger partial charge is 0.0959 e. The number of nitrogens with one attached hydrogen (secondary N) is 1. The van der Waals surface area contributed by atoms with Gasteiger partial charge in [0, 0.05) is 24.4 Å². The van der Waals surface area contributed by atoms with Crippen LogP contribution in [-0.4, -0.2) is 23.2 Å². The quantitative estimate of drug-likeness (QED) is 0.749. The van der Waals surface area contributed by atoms with Crippen molar-refractivity contribution < 1.29 is 5.11 Å². The number of hydrogen-bond donors (Lipinski definition) is 2. The number of rotatable bonds is 8. The van der Waals surface area contributed by atoms with Crippen LogP contribution in [-0.2, 0) is 6.54 Å². The fourth-order valence-corrected chi connectivity index (χ4v) is 2.95. The molecule has 4 heteroatoms. The zero-order valence-electron chi connectivity index (χ0n) is 10.5. The van der Waals surface area contributed by atoms with Crippen molar-refractivity contribution in [2.45, 2.75) is 45.1 Å². The van der Waals surface area contributed by atoms with Gasteiger partial charge in [0.1, 0.15) is 0 Å². The molecule has 0 amide bonds. The summed E-state index contributed by atoms with van der Waals surface area (Å²) in [6, 6.07) is 0. The van der Waals surface area contributed by atoms with E-state index < -0.39 is 0 Å². The van der Waals surface area contributed by atoms with Gasteiger partial charge in [-0.1, -0.05) is 13.3 Å². The molecule has 17 heavy (non-hydrogen) atoms. The van der Waals surface area contributed by atoms with E-state index in [-0.39, 0.29) is 0 Å². The molecule has 0 bridgehead atoms. The molecule has 3 nitrogen and oxygen atoms in total. The molecule has 2 N–H and O–H groups in total. The van der Waals surface area contributed by atoms with Crippen molar-refractivity contribution in [3.8, 4) is 0 Å². The number of aliphatic hydroxyl groups is 1. The first-order valence-corrected chi connectivity index (χ1v) is 7.47. The fraction of sp³-hybridized carbons (Fsp3) is 0.769. The Morgan fingerprint density at radius 2 is 2.41 bits per heavy atom. The lowest BCUT2D eigenvalue weighted by Crippen LogP contribution is -2.23. The van der Waals surface area contributed by atoms with Gasteiger partial charge in [-0.05, 0) is 31.7 Å². The minimum Gasteiger partial charge on any atom is -0.396 e. The van der Waals surface area contributed by atoms with Crippen LogP contribution >= 0.6 is 11.3 Å². The molecular formula is C13H22N2OS. The summed E-state index contributed by atoms with van der Waals surface area (Å²) < 4.78 is 0. The maximum Gasteiger partial charge on any atom is 0.0959 e. The number of thiazole rings is 1. The largest absolute Gasteiger partial charge is 0.396 e. The van der Waals surface area contributed by atoms with E-state index in [1.165, 1.54) is 23.5 Å². The Morgan fingerprint density at radius 1 is 1.59 bits per heavy atom. The van der Waals surface area contributed by atoms with Gasteiger partial charge in [-0.3, -0.25) is 0 Å². The van der Waals surface area contributed by atoms with E-state index in [0.717, 1.165) is 31.8 Å². The Morgan fingerprint density at radius 3 is 3.06 bits per heavy atom. The van der Waals surface area contributed by atoms with Gasteiger partial charge in [-0.25, -0.2) is 4.98 Å². The predicted molar refractivity (Wildman–Crippen MR) is 71.3 cm³/mol. The second-order valence-corrected chi connectivity index (χ2v) is 5.76. The van der Waals surface area contributed by atoms with E-state index in [2.05, 4.69) is 22.6 Å². The van der Waals surface area contributed by atoms with E-state index in [4.69, 9.17) is 5.11 Å². The van der Waals surface area contributed by atoms with Crippen LogP contribution in [0.25, 0.3) is 0 Å². The Bertz CT molecular complexity index is 336. The van der Waals surface area contributed by atoms with Crippen LogP contribution < -0.4 is 5.32 Å². The van der Waals surface area contributed by atoms with E-state index in [0.29, 0.717) is 12.5 Å². The Kier molecular flexibility index (Phi) is 4.95. The third kappa shape index (κ3) is 4.05. The number of hydrogen-bond acceptors (Lipinski definition) is 4. The highest BCUT2D eigenvalue weighted by Gasteiger charge is 2.26. The predicted octanol–water partition coefficient (Wildman–Crippen LogP) is 2.52. The lowest BCUT2D eigenvalue weighted by molar-refractivity contribution is 0.251. The molecule has 1 heterocycles. The van der Waals surface area contributed by atoms with Gasteiger partial charge in [-0.15, -0.1) is 11.3 Å². The second kappa shape index (κ2) is 6.47. The molecular weight excluding hydrogens is 232 g/mol. The molecule has 1 saturated carbocycles. The van der Waals surface area contributed by atoms with Crippen LogP contribution in [0.1, 0.15) is 49.2 Å². The zero-order valence-corrected chi connectivity index (χ0v) is 11.3. The average molecular weight is 254 g/mol. The number of aliphatic hydroxyl groups excluding tert-OH is 1. The standard InChI is InChI=1S/C13H22N2OS/c1-2-10(5-6-16)7-14-8-12-9-17-13(15-12)11-3-4-11/h9-11,14,16H,2-8H2,1H3. The Hall–Kier alpha value is -0.450. The van der Waals surface area contributed by atoms with Crippen LogP contribution in [0.4, 0.5) is 0 Å². The summed E-state index contributed by atoms with van der Waals surface area (Å²) in [6.45, 7) is 4.32. The van der Waals surface area contributed by atoms with Gasteiger partial charge in [0.05, 0.1) is 10.7 Å². The van der Waals surface area contributed by atoms with Gasteiger partial charge >= 0.3 is 0 Å². The van der Waals surface area contributed by atoms with Crippen LogP contribution in [0.2, 0.25) is 0 Å². The highest BCUT2D eigenvalue weighted by molar-refractivity contribution is 7.09. The summed E-state index contributed by atoms with van der Waals surface area (Å²) in [5, 5.41) is 15.9. The molecule has 2 rings (SSSR count). The summed E-state index contributed by atoms with van der Waals surface area (Å²) in [4.78, 5) is 4.65. The maximum atomic E-state index is 8.92. The van der Waals surface area contributed by atoms with Crippen molar-refractivity contribution in [3.63, 3.8) is 0 Å². The monoisotopic (exact) mass is 254 g/mol.